The summed E-state index contributed by atoms with van der Waals surface area (Å²) in [6, 6.07) is -0.205. The van der Waals surface area contributed by atoms with Gasteiger partial charge in [-0.05, 0) is 19.8 Å². The molecule has 0 radical (unpaired) electrons. The van der Waals surface area contributed by atoms with E-state index in [1.165, 1.54) is 7.11 Å². The van der Waals surface area contributed by atoms with Crippen molar-refractivity contribution in [1.29, 1.82) is 0 Å². The fraction of sp³-hybridized carbons (Fsp3) is 1.00. The molecule has 1 saturated heterocycles. The number of hydrogen-bond donors (Lipinski definition) is 5. The lowest BCUT2D eigenvalue weighted by Crippen LogP contribution is -2.62. The van der Waals surface area contributed by atoms with E-state index in [2.05, 4.69) is 5.32 Å². The van der Waals surface area contributed by atoms with Gasteiger partial charge in [-0.15, -0.1) is 0 Å². The van der Waals surface area contributed by atoms with Crippen LogP contribution in [0.25, 0.3) is 0 Å². The first-order valence-electron chi connectivity index (χ1n) is 6.47. The second-order valence-corrected chi connectivity index (χ2v) is 5.14. The number of aliphatic hydroxyl groups is 1. The minimum atomic E-state index is -4.73. The lowest BCUT2D eigenvalue weighted by molar-refractivity contribution is -0.217. The summed E-state index contributed by atoms with van der Waals surface area (Å²) in [4.78, 5) is 0. The van der Waals surface area contributed by atoms with E-state index >= 15 is 0 Å². The highest BCUT2D eigenvalue weighted by Crippen LogP contribution is 2.24. The van der Waals surface area contributed by atoms with Crippen LogP contribution in [-0.2, 0) is 4.74 Å². The highest BCUT2D eigenvalue weighted by molar-refractivity contribution is 4.91. The van der Waals surface area contributed by atoms with Crippen molar-refractivity contribution in [2.45, 2.75) is 56.6 Å². The van der Waals surface area contributed by atoms with E-state index in [0.717, 1.165) is 0 Å². The fourth-order valence-electron chi connectivity index (χ4n) is 2.48. The molecule has 0 amide bonds. The van der Waals surface area contributed by atoms with Gasteiger partial charge in [-0.1, -0.05) is 0 Å². The minimum Gasteiger partial charge on any atom is -0.370 e. The minimum absolute atomic E-state index is 0.0639. The zero-order valence-corrected chi connectivity index (χ0v) is 11.5. The standard InChI is InChI=1S/C11H23F3N4O2/c1-5-6(3-4-7(17-5)9(16)20-2)8(15)18-10(19)11(12,13)14/h5-10,17-19H,3-4,15-16H2,1-2H3/t5-,6?,7?,8?,9?,10?/m1/s1. The van der Waals surface area contributed by atoms with Crippen LogP contribution in [0.1, 0.15) is 19.8 Å². The molecule has 0 aliphatic carbocycles. The second kappa shape index (κ2) is 7.01. The molecule has 5 unspecified atom stereocenters. The third-order valence-electron chi connectivity index (χ3n) is 3.72. The third-order valence-corrected chi connectivity index (χ3v) is 3.72. The Kier molecular flexibility index (Phi) is 6.17. The molecule has 1 aliphatic rings. The number of rotatable bonds is 5. The second-order valence-electron chi connectivity index (χ2n) is 5.14. The Labute approximate surface area is 116 Å². The van der Waals surface area contributed by atoms with Crippen LogP contribution in [0.4, 0.5) is 13.2 Å². The lowest BCUT2D eigenvalue weighted by atomic mass is 9.85. The molecule has 6 atom stereocenters. The average molecular weight is 300 g/mol. The SMILES string of the molecule is COC(N)C1CCC(C(N)NC(O)C(F)(F)F)[C@@H](C)N1. The molecule has 0 spiro atoms. The van der Waals surface area contributed by atoms with Crippen molar-refractivity contribution in [3.05, 3.63) is 0 Å². The maximum absolute atomic E-state index is 12.3. The van der Waals surface area contributed by atoms with Gasteiger partial charge in [0.1, 0.15) is 6.23 Å². The van der Waals surface area contributed by atoms with Crippen molar-refractivity contribution < 1.29 is 23.0 Å². The Morgan fingerprint density at radius 3 is 2.40 bits per heavy atom. The summed E-state index contributed by atoms with van der Waals surface area (Å²) in [5.74, 6) is -0.243. The molecule has 1 aliphatic heterocycles. The van der Waals surface area contributed by atoms with Gasteiger partial charge in [0, 0.05) is 25.1 Å². The molecule has 1 heterocycles. The predicted octanol–water partition coefficient (Wildman–Crippen LogP) is -0.571. The molecule has 120 valence electrons. The van der Waals surface area contributed by atoms with Crippen LogP contribution in [0, 0.1) is 5.92 Å². The van der Waals surface area contributed by atoms with E-state index in [1.807, 2.05) is 12.2 Å². The van der Waals surface area contributed by atoms with Gasteiger partial charge in [0.15, 0.2) is 0 Å². The molecule has 0 aromatic heterocycles. The van der Waals surface area contributed by atoms with Crippen molar-refractivity contribution >= 4 is 0 Å². The maximum atomic E-state index is 12.3. The van der Waals surface area contributed by atoms with E-state index in [9.17, 15) is 13.2 Å². The molecule has 7 N–H and O–H groups in total. The number of ether oxygens (including phenoxy) is 1. The van der Waals surface area contributed by atoms with Crippen LogP contribution in [0.15, 0.2) is 0 Å². The summed E-state index contributed by atoms with van der Waals surface area (Å²) in [5.41, 5.74) is 11.5. The maximum Gasteiger partial charge on any atom is 0.428 e. The molecule has 1 fully saturated rings. The quantitative estimate of drug-likeness (QED) is 0.436. The van der Waals surface area contributed by atoms with Crippen molar-refractivity contribution in [2.75, 3.05) is 7.11 Å². The normalized spacial score (nSPS) is 32.7. The van der Waals surface area contributed by atoms with Crippen molar-refractivity contribution in [2.24, 2.45) is 17.4 Å². The number of methoxy groups -OCH3 is 1. The van der Waals surface area contributed by atoms with Gasteiger partial charge < -0.3 is 26.6 Å². The van der Waals surface area contributed by atoms with Crippen LogP contribution in [0.5, 0.6) is 0 Å². The Morgan fingerprint density at radius 1 is 1.35 bits per heavy atom. The Hall–Kier alpha value is -0.450. The van der Waals surface area contributed by atoms with Crippen molar-refractivity contribution in [3.8, 4) is 0 Å². The summed E-state index contributed by atoms with van der Waals surface area (Å²) in [6.07, 6.45) is -7.55. The van der Waals surface area contributed by atoms with Gasteiger partial charge in [0.2, 0.25) is 6.23 Å². The van der Waals surface area contributed by atoms with Crippen molar-refractivity contribution in [3.63, 3.8) is 0 Å². The van der Waals surface area contributed by atoms with Crippen LogP contribution < -0.4 is 22.1 Å². The summed E-state index contributed by atoms with van der Waals surface area (Å²) in [6.45, 7) is 1.82. The van der Waals surface area contributed by atoms with Gasteiger partial charge in [-0.3, -0.25) is 5.32 Å². The summed E-state index contributed by atoms with van der Waals surface area (Å²) in [7, 11) is 1.50. The number of hydrogen-bond acceptors (Lipinski definition) is 6. The van der Waals surface area contributed by atoms with Gasteiger partial charge in [0.05, 0.1) is 6.17 Å². The van der Waals surface area contributed by atoms with Crippen LogP contribution >= 0.6 is 0 Å². The number of halogens is 3. The first-order valence-corrected chi connectivity index (χ1v) is 6.47. The third kappa shape index (κ3) is 4.54. The number of nitrogens with one attached hydrogen (secondary N) is 2. The summed E-state index contributed by atoms with van der Waals surface area (Å²) < 4.78 is 41.8. The molecular formula is C11H23F3N4O2. The van der Waals surface area contributed by atoms with E-state index < -0.39 is 24.8 Å². The molecule has 9 heteroatoms. The summed E-state index contributed by atoms with van der Waals surface area (Å²) >= 11 is 0. The lowest BCUT2D eigenvalue weighted by Gasteiger charge is -2.40. The highest BCUT2D eigenvalue weighted by atomic mass is 19.4. The predicted molar refractivity (Wildman–Crippen MR) is 67.3 cm³/mol. The average Bonchev–Trinajstić information content (AvgIpc) is 2.36. The van der Waals surface area contributed by atoms with E-state index in [4.69, 9.17) is 21.3 Å². The number of piperidine rings is 1. The van der Waals surface area contributed by atoms with E-state index in [-0.39, 0.29) is 18.0 Å². The number of nitrogens with two attached hydrogens (primary N) is 2. The zero-order valence-electron chi connectivity index (χ0n) is 11.5. The fourth-order valence-corrected chi connectivity index (χ4v) is 2.48. The molecule has 0 saturated carbocycles. The van der Waals surface area contributed by atoms with E-state index in [0.29, 0.717) is 12.8 Å². The van der Waals surface area contributed by atoms with E-state index in [1.54, 1.807) is 0 Å². The summed E-state index contributed by atoms with van der Waals surface area (Å²) in [5, 5.41) is 14.1. The van der Waals surface area contributed by atoms with Gasteiger partial charge >= 0.3 is 6.18 Å². The van der Waals surface area contributed by atoms with Crippen molar-refractivity contribution in [1.82, 2.24) is 10.6 Å². The monoisotopic (exact) mass is 300 g/mol. The molecule has 0 aromatic rings. The Bertz CT molecular complexity index is 306. The molecular weight excluding hydrogens is 277 g/mol. The molecule has 20 heavy (non-hydrogen) atoms. The number of alkyl halides is 3. The van der Waals surface area contributed by atoms with Crippen LogP contribution in [-0.4, -0.2) is 49.1 Å². The Morgan fingerprint density at radius 2 is 1.95 bits per heavy atom. The van der Waals surface area contributed by atoms with Crippen LogP contribution in [0.2, 0.25) is 0 Å². The zero-order chi connectivity index (χ0) is 15.5. The van der Waals surface area contributed by atoms with Crippen LogP contribution in [0.3, 0.4) is 0 Å². The number of aliphatic hydroxyl groups excluding tert-OH is 1. The largest absolute Gasteiger partial charge is 0.428 e. The molecule has 0 bridgehead atoms. The van der Waals surface area contributed by atoms with Gasteiger partial charge in [0.25, 0.3) is 0 Å². The van der Waals surface area contributed by atoms with Gasteiger partial charge in [-0.25, -0.2) is 0 Å². The topological polar surface area (TPSA) is 106 Å². The van der Waals surface area contributed by atoms with Gasteiger partial charge in [-0.2, -0.15) is 13.2 Å². The molecule has 6 nitrogen and oxygen atoms in total. The first kappa shape index (κ1) is 17.6. The molecule has 1 rings (SSSR count). The smallest absolute Gasteiger partial charge is 0.370 e. The first-order chi connectivity index (χ1) is 9.16. The highest BCUT2D eigenvalue weighted by Gasteiger charge is 2.41. The Balaban J connectivity index is 2.53. The molecule has 0 aromatic carbocycles.